The molecule has 262 valence electrons. The van der Waals surface area contributed by atoms with E-state index >= 15 is 0 Å². The first-order valence-electron chi connectivity index (χ1n) is 17.0. The number of aromatic nitrogens is 4. The molecule has 2 fully saturated rings. The second-order valence-electron chi connectivity index (χ2n) is 12.7. The quantitative estimate of drug-likeness (QED) is 0.150. The van der Waals surface area contributed by atoms with E-state index in [2.05, 4.69) is 23.6 Å². The first-order chi connectivity index (χ1) is 24.9. The molecule has 0 amide bonds. The molecule has 51 heavy (non-hydrogen) atoms. The van der Waals surface area contributed by atoms with Crippen LogP contribution in [0.5, 0.6) is 5.75 Å². The van der Waals surface area contributed by atoms with Gasteiger partial charge in [0.2, 0.25) is 0 Å². The number of hydrogen-bond donors (Lipinski definition) is 1. The minimum Gasteiger partial charge on any atom is -0.488 e. The van der Waals surface area contributed by atoms with Crippen molar-refractivity contribution in [3.05, 3.63) is 106 Å². The number of benzene rings is 4. The van der Waals surface area contributed by atoms with E-state index < -0.39 is 17.3 Å². The molecular formula is C38H37N5O8. The van der Waals surface area contributed by atoms with Crippen LogP contribution in [-0.4, -0.2) is 67.8 Å². The number of nitrogens with zero attached hydrogens (tertiary/aromatic N) is 5. The molecule has 3 aliphatic heterocycles. The molecule has 4 aromatic carbocycles. The summed E-state index contributed by atoms with van der Waals surface area (Å²) in [7, 11) is 0. The number of nitro groups is 1. The number of ether oxygens (including phenoxy) is 5. The Labute approximate surface area is 293 Å². The minimum absolute atomic E-state index is 0.0328. The Balaban J connectivity index is 0.000000147. The molecule has 13 heteroatoms. The van der Waals surface area contributed by atoms with Gasteiger partial charge in [0.25, 0.3) is 5.69 Å². The summed E-state index contributed by atoms with van der Waals surface area (Å²) in [6.07, 6.45) is -1.40. The topological polar surface area (TPSA) is 145 Å². The van der Waals surface area contributed by atoms with E-state index in [0.717, 1.165) is 51.4 Å². The van der Waals surface area contributed by atoms with Crippen molar-refractivity contribution in [3.8, 4) is 28.5 Å². The lowest BCUT2D eigenvalue weighted by molar-refractivity contribution is -0.384. The van der Waals surface area contributed by atoms with Crippen molar-refractivity contribution in [2.45, 2.75) is 51.7 Å². The standard InChI is InChI=1S/C19H19N3O5.C19H18N2O3/c1-12(23)11-21-16-8-4-6-14(19-26-9-10-27-19)17(16)20-18(21)13-5-2-3-7-15(13)22(24)25;1-12-11-21-15-7-4-6-14(19-22-9-10-23-19)17(15)20-18(21)13-5-2-3-8-16(13)24-12/h2-8,12,19,23H,9-11H2,1H3;2-8,12,19H,9-11H2,1H3. The molecule has 2 atom stereocenters. The zero-order chi connectivity index (χ0) is 35.1. The second kappa shape index (κ2) is 13.9. The number of para-hydroxylation sites is 4. The maximum absolute atomic E-state index is 11.5. The van der Waals surface area contributed by atoms with Gasteiger partial charge < -0.3 is 37.9 Å². The van der Waals surface area contributed by atoms with Crippen LogP contribution in [0.2, 0.25) is 0 Å². The van der Waals surface area contributed by atoms with Crippen molar-refractivity contribution >= 4 is 27.8 Å². The number of hydrogen-bond acceptors (Lipinski definition) is 10. The predicted octanol–water partition coefficient (Wildman–Crippen LogP) is 6.57. The van der Waals surface area contributed by atoms with Gasteiger partial charge >= 0.3 is 0 Å². The van der Waals surface area contributed by atoms with Gasteiger partial charge in [-0.1, -0.05) is 48.5 Å². The van der Waals surface area contributed by atoms with Gasteiger partial charge in [0.1, 0.15) is 23.5 Å². The number of nitro benzene ring substituents is 1. The Morgan fingerprint density at radius 1 is 0.784 bits per heavy atom. The third-order valence-electron chi connectivity index (χ3n) is 9.06. The molecule has 9 rings (SSSR count). The fourth-order valence-corrected chi connectivity index (χ4v) is 6.93. The highest BCUT2D eigenvalue weighted by molar-refractivity contribution is 5.86. The Bertz CT molecular complexity index is 2220. The van der Waals surface area contributed by atoms with Crippen LogP contribution in [0.15, 0.2) is 84.9 Å². The molecule has 1 N–H and O–H groups in total. The molecule has 2 unspecified atom stereocenters. The van der Waals surface area contributed by atoms with Crippen molar-refractivity contribution in [2.75, 3.05) is 26.4 Å². The van der Waals surface area contributed by atoms with E-state index in [4.69, 9.17) is 33.7 Å². The lowest BCUT2D eigenvalue weighted by atomic mass is 10.1. The van der Waals surface area contributed by atoms with Crippen LogP contribution in [-0.2, 0) is 32.0 Å². The molecule has 0 spiro atoms. The van der Waals surface area contributed by atoms with Crippen LogP contribution in [0.1, 0.15) is 37.6 Å². The Kier molecular flexibility index (Phi) is 8.96. The molecule has 2 aromatic heterocycles. The molecule has 3 aliphatic rings. The van der Waals surface area contributed by atoms with Gasteiger partial charge in [-0.15, -0.1) is 0 Å². The largest absolute Gasteiger partial charge is 0.488 e. The summed E-state index contributed by atoms with van der Waals surface area (Å²) in [6, 6.07) is 26.4. The summed E-state index contributed by atoms with van der Waals surface area (Å²) in [6.45, 7) is 7.04. The number of aliphatic hydroxyl groups excluding tert-OH is 1. The molecule has 0 saturated carbocycles. The molecule has 5 heterocycles. The monoisotopic (exact) mass is 691 g/mol. The highest BCUT2D eigenvalue weighted by Crippen LogP contribution is 2.39. The molecule has 0 radical (unpaired) electrons. The van der Waals surface area contributed by atoms with Gasteiger partial charge in [-0.05, 0) is 44.2 Å². The Hall–Kier alpha value is -5.18. The third kappa shape index (κ3) is 6.23. The third-order valence-corrected chi connectivity index (χ3v) is 9.06. The summed E-state index contributed by atoms with van der Waals surface area (Å²) in [5.74, 6) is 2.26. The molecule has 2 saturated heterocycles. The zero-order valence-electron chi connectivity index (χ0n) is 28.2. The highest BCUT2D eigenvalue weighted by atomic mass is 16.7. The predicted molar refractivity (Wildman–Crippen MR) is 188 cm³/mol. The number of fused-ring (bicyclic) bond motifs is 6. The first-order valence-corrected chi connectivity index (χ1v) is 17.0. The van der Waals surface area contributed by atoms with E-state index in [9.17, 15) is 15.2 Å². The van der Waals surface area contributed by atoms with E-state index in [1.807, 2.05) is 48.5 Å². The van der Waals surface area contributed by atoms with Gasteiger partial charge in [-0.2, -0.15) is 0 Å². The second-order valence-corrected chi connectivity index (χ2v) is 12.7. The van der Waals surface area contributed by atoms with Crippen molar-refractivity contribution < 1.29 is 33.7 Å². The molecule has 0 aliphatic carbocycles. The summed E-state index contributed by atoms with van der Waals surface area (Å²) < 4.78 is 32.7. The summed E-state index contributed by atoms with van der Waals surface area (Å²) in [5, 5.41) is 21.5. The fraction of sp³-hybridized carbons (Fsp3) is 0.316. The van der Waals surface area contributed by atoms with Gasteiger partial charge in [0.05, 0.1) is 83.7 Å². The summed E-state index contributed by atoms with van der Waals surface area (Å²) >= 11 is 0. The molecular weight excluding hydrogens is 654 g/mol. The van der Waals surface area contributed by atoms with Gasteiger partial charge in [0.15, 0.2) is 12.6 Å². The Morgan fingerprint density at radius 3 is 2.00 bits per heavy atom. The maximum atomic E-state index is 11.5. The Morgan fingerprint density at radius 2 is 1.35 bits per heavy atom. The molecule has 6 aromatic rings. The van der Waals surface area contributed by atoms with Crippen LogP contribution < -0.4 is 4.74 Å². The van der Waals surface area contributed by atoms with Gasteiger partial charge in [0, 0.05) is 17.2 Å². The first kappa shape index (κ1) is 33.0. The van der Waals surface area contributed by atoms with E-state index in [-0.39, 0.29) is 24.6 Å². The zero-order valence-corrected chi connectivity index (χ0v) is 28.2. The molecule has 0 bridgehead atoms. The maximum Gasteiger partial charge on any atom is 0.280 e. The number of imidazole rings is 2. The average Bonchev–Trinajstić information content (AvgIpc) is 3.96. The van der Waals surface area contributed by atoms with Crippen LogP contribution in [0.3, 0.4) is 0 Å². The van der Waals surface area contributed by atoms with Crippen LogP contribution in [0, 0.1) is 10.1 Å². The summed E-state index contributed by atoms with van der Waals surface area (Å²) in [4.78, 5) is 20.7. The lowest BCUT2D eigenvalue weighted by Crippen LogP contribution is -2.17. The number of rotatable bonds is 6. The smallest absolute Gasteiger partial charge is 0.280 e. The van der Waals surface area contributed by atoms with Crippen molar-refractivity contribution in [1.29, 1.82) is 0 Å². The number of aliphatic hydroxyl groups is 1. The van der Waals surface area contributed by atoms with Gasteiger partial charge in [-0.25, -0.2) is 9.97 Å². The SMILES string of the molecule is CC(O)Cn1c(-c2ccccc2[N+](=O)[O-])nc2c(C3OCCO3)cccc21.CC1Cn2c(nc3c(C4OCCO4)cccc32)-c2ccccc2O1. The highest BCUT2D eigenvalue weighted by Gasteiger charge is 2.29. The van der Waals surface area contributed by atoms with E-state index in [1.165, 1.54) is 6.07 Å². The van der Waals surface area contributed by atoms with Crippen molar-refractivity contribution in [1.82, 2.24) is 19.1 Å². The lowest BCUT2D eigenvalue weighted by Gasteiger charge is -2.14. The minimum atomic E-state index is -0.647. The van der Waals surface area contributed by atoms with Gasteiger partial charge in [-0.3, -0.25) is 10.1 Å². The van der Waals surface area contributed by atoms with Crippen LogP contribution in [0.4, 0.5) is 5.69 Å². The molecule has 13 nitrogen and oxygen atoms in total. The van der Waals surface area contributed by atoms with Crippen molar-refractivity contribution in [2.24, 2.45) is 0 Å². The van der Waals surface area contributed by atoms with Crippen LogP contribution >= 0.6 is 0 Å². The normalized spacial score (nSPS) is 18.1. The summed E-state index contributed by atoms with van der Waals surface area (Å²) in [5.41, 5.74) is 6.62. The van der Waals surface area contributed by atoms with E-state index in [0.29, 0.717) is 43.3 Å². The van der Waals surface area contributed by atoms with Crippen molar-refractivity contribution in [3.63, 3.8) is 0 Å². The average molecular weight is 692 g/mol. The van der Waals surface area contributed by atoms with Crippen LogP contribution in [0.25, 0.3) is 44.8 Å². The fourth-order valence-electron chi connectivity index (χ4n) is 6.93. The van der Waals surface area contributed by atoms with E-state index in [1.54, 1.807) is 29.7 Å².